The van der Waals surface area contributed by atoms with Crippen molar-refractivity contribution < 1.29 is 18.3 Å². The molecule has 2 rings (SSSR count). The summed E-state index contributed by atoms with van der Waals surface area (Å²) in [6, 6.07) is 3.76. The minimum atomic E-state index is -0.724. The topological polar surface area (TPSA) is 54.3 Å². The first-order chi connectivity index (χ1) is 9.41. The van der Waals surface area contributed by atoms with Crippen LogP contribution in [-0.4, -0.2) is 25.0 Å². The lowest BCUT2D eigenvalue weighted by atomic mass is 10.1. The Morgan fingerprint density at radius 3 is 2.55 bits per heavy atom. The number of rotatable bonds is 4. The summed E-state index contributed by atoms with van der Waals surface area (Å²) in [5, 5.41) is 11.5. The molecule has 0 spiro atoms. The van der Waals surface area contributed by atoms with Gasteiger partial charge in [0, 0.05) is 18.7 Å². The van der Waals surface area contributed by atoms with Crippen LogP contribution in [0, 0.1) is 23.0 Å². The quantitative estimate of drug-likeness (QED) is 0.918. The maximum Gasteiger partial charge on any atom is 0.163 e. The van der Waals surface area contributed by atoms with E-state index in [0.29, 0.717) is 13.2 Å². The van der Waals surface area contributed by atoms with Crippen LogP contribution in [0.25, 0.3) is 0 Å². The van der Waals surface area contributed by atoms with Gasteiger partial charge in [-0.1, -0.05) is 0 Å². The number of hydrogen-bond donors (Lipinski definition) is 1. The van der Waals surface area contributed by atoms with Gasteiger partial charge in [-0.15, -0.1) is 0 Å². The first kappa shape index (κ1) is 14.9. The summed E-state index contributed by atoms with van der Waals surface area (Å²) in [4.78, 5) is 0. The van der Waals surface area contributed by atoms with Crippen molar-refractivity contribution in [2.24, 2.45) is 0 Å². The molecule has 108 valence electrons. The van der Waals surface area contributed by atoms with Gasteiger partial charge >= 0.3 is 0 Å². The zero-order chi connectivity index (χ0) is 14.8. The van der Waals surface area contributed by atoms with Crippen molar-refractivity contribution in [3.8, 4) is 6.07 Å². The molecule has 1 aliphatic rings. The van der Waals surface area contributed by atoms with Crippen LogP contribution in [0.5, 0.6) is 0 Å². The van der Waals surface area contributed by atoms with E-state index in [2.05, 4.69) is 5.32 Å². The average molecular weight is 282 g/mol. The third kappa shape index (κ3) is 3.51. The monoisotopic (exact) mass is 282 g/mol. The summed E-state index contributed by atoms with van der Waals surface area (Å²) in [7, 11) is 0. The predicted octanol–water partition coefficient (Wildman–Crippen LogP) is 2.08. The van der Waals surface area contributed by atoms with Crippen LogP contribution in [0.1, 0.15) is 25.0 Å². The highest BCUT2D eigenvalue weighted by Crippen LogP contribution is 2.22. The zero-order valence-corrected chi connectivity index (χ0v) is 11.4. The Kier molecular flexibility index (Phi) is 4.33. The zero-order valence-electron chi connectivity index (χ0n) is 11.4. The van der Waals surface area contributed by atoms with Crippen molar-refractivity contribution in [3.05, 3.63) is 34.9 Å². The van der Waals surface area contributed by atoms with Crippen LogP contribution in [-0.2, 0) is 16.0 Å². The van der Waals surface area contributed by atoms with Crippen molar-refractivity contribution in [1.82, 2.24) is 5.32 Å². The lowest BCUT2D eigenvalue weighted by molar-refractivity contribution is -0.137. The predicted molar refractivity (Wildman–Crippen MR) is 67.7 cm³/mol. The molecular formula is C14H16F2N2O2. The average Bonchev–Trinajstić information content (AvgIpc) is 2.72. The first-order valence-corrected chi connectivity index (χ1v) is 6.32. The largest absolute Gasteiger partial charge is 0.348 e. The molecular weight excluding hydrogens is 266 g/mol. The van der Waals surface area contributed by atoms with Gasteiger partial charge in [0.25, 0.3) is 0 Å². The van der Waals surface area contributed by atoms with E-state index in [4.69, 9.17) is 14.7 Å². The lowest BCUT2D eigenvalue weighted by Gasteiger charge is -2.17. The highest BCUT2D eigenvalue weighted by molar-refractivity contribution is 5.34. The Morgan fingerprint density at radius 1 is 1.40 bits per heavy atom. The van der Waals surface area contributed by atoms with E-state index >= 15 is 0 Å². The van der Waals surface area contributed by atoms with E-state index in [-0.39, 0.29) is 23.8 Å². The van der Waals surface area contributed by atoms with E-state index in [1.54, 1.807) is 6.07 Å². The van der Waals surface area contributed by atoms with E-state index < -0.39 is 17.4 Å². The van der Waals surface area contributed by atoms with Gasteiger partial charge in [0.2, 0.25) is 0 Å². The summed E-state index contributed by atoms with van der Waals surface area (Å²) in [6.45, 7) is 4.53. The number of nitrogens with zero attached hydrogens (tertiary/aromatic N) is 1. The summed E-state index contributed by atoms with van der Waals surface area (Å²) in [5.74, 6) is -2.06. The molecule has 4 nitrogen and oxygen atoms in total. The second kappa shape index (κ2) is 5.83. The SMILES string of the molecule is CC1(C)OCC(CNCc2c(F)cc(C#N)cc2F)O1. The molecule has 1 atom stereocenters. The Balaban J connectivity index is 1.91. The normalized spacial score (nSPS) is 20.9. The second-order valence-electron chi connectivity index (χ2n) is 5.11. The van der Waals surface area contributed by atoms with Crippen molar-refractivity contribution in [2.45, 2.75) is 32.3 Å². The summed E-state index contributed by atoms with van der Waals surface area (Å²) >= 11 is 0. The Labute approximate surface area is 116 Å². The summed E-state index contributed by atoms with van der Waals surface area (Å²) < 4.78 is 38.2. The third-order valence-corrected chi connectivity index (χ3v) is 3.01. The van der Waals surface area contributed by atoms with Gasteiger partial charge in [-0.2, -0.15) is 5.26 Å². The van der Waals surface area contributed by atoms with Crippen LogP contribution in [0.15, 0.2) is 12.1 Å². The molecule has 1 aromatic carbocycles. The minimum Gasteiger partial charge on any atom is -0.348 e. The molecule has 0 aromatic heterocycles. The molecule has 0 amide bonds. The Hall–Kier alpha value is -1.55. The van der Waals surface area contributed by atoms with Crippen LogP contribution in [0.2, 0.25) is 0 Å². The van der Waals surface area contributed by atoms with Gasteiger partial charge < -0.3 is 14.8 Å². The van der Waals surface area contributed by atoms with Crippen LogP contribution in [0.3, 0.4) is 0 Å². The van der Waals surface area contributed by atoms with E-state index in [1.165, 1.54) is 0 Å². The Morgan fingerprint density at radius 2 is 2.05 bits per heavy atom. The molecule has 1 aromatic rings. The van der Waals surface area contributed by atoms with Crippen molar-refractivity contribution in [1.29, 1.82) is 5.26 Å². The number of hydrogen-bond acceptors (Lipinski definition) is 4. The molecule has 1 fully saturated rings. The van der Waals surface area contributed by atoms with Gasteiger partial charge in [0.1, 0.15) is 11.6 Å². The third-order valence-electron chi connectivity index (χ3n) is 3.01. The fourth-order valence-electron chi connectivity index (χ4n) is 2.06. The first-order valence-electron chi connectivity index (χ1n) is 6.32. The van der Waals surface area contributed by atoms with Crippen molar-refractivity contribution in [2.75, 3.05) is 13.2 Å². The Bertz CT molecular complexity index is 517. The number of ether oxygens (including phenoxy) is 2. The van der Waals surface area contributed by atoms with Crippen molar-refractivity contribution in [3.63, 3.8) is 0 Å². The number of halogens is 2. The molecule has 0 radical (unpaired) electrons. The van der Waals surface area contributed by atoms with Gasteiger partial charge in [-0.05, 0) is 26.0 Å². The molecule has 1 N–H and O–H groups in total. The van der Waals surface area contributed by atoms with Gasteiger partial charge in [0.15, 0.2) is 5.79 Å². The highest BCUT2D eigenvalue weighted by atomic mass is 19.1. The second-order valence-corrected chi connectivity index (χ2v) is 5.11. The van der Waals surface area contributed by atoms with Crippen molar-refractivity contribution >= 4 is 0 Å². The van der Waals surface area contributed by atoms with Gasteiger partial charge in [-0.3, -0.25) is 0 Å². The van der Waals surface area contributed by atoms with E-state index in [9.17, 15) is 8.78 Å². The highest BCUT2D eigenvalue weighted by Gasteiger charge is 2.32. The van der Waals surface area contributed by atoms with Crippen LogP contribution < -0.4 is 5.32 Å². The molecule has 0 aliphatic carbocycles. The smallest absolute Gasteiger partial charge is 0.163 e. The minimum absolute atomic E-state index is 0.0296. The molecule has 0 bridgehead atoms. The number of benzene rings is 1. The molecule has 1 unspecified atom stereocenters. The molecule has 1 aliphatic heterocycles. The number of nitrogens with one attached hydrogen (secondary N) is 1. The summed E-state index contributed by atoms with van der Waals surface area (Å²) in [6.07, 6.45) is -0.144. The molecule has 20 heavy (non-hydrogen) atoms. The van der Waals surface area contributed by atoms with E-state index in [0.717, 1.165) is 12.1 Å². The molecule has 6 heteroatoms. The lowest BCUT2D eigenvalue weighted by Crippen LogP contribution is -2.30. The van der Waals surface area contributed by atoms with Gasteiger partial charge in [0.05, 0.1) is 24.3 Å². The molecule has 1 saturated heterocycles. The maximum atomic E-state index is 13.6. The summed E-state index contributed by atoms with van der Waals surface area (Å²) in [5.41, 5.74) is -0.111. The van der Waals surface area contributed by atoms with E-state index in [1.807, 2.05) is 13.8 Å². The molecule has 1 heterocycles. The fourth-order valence-corrected chi connectivity index (χ4v) is 2.06. The molecule has 0 saturated carbocycles. The fraction of sp³-hybridized carbons (Fsp3) is 0.500. The van der Waals surface area contributed by atoms with Crippen LogP contribution in [0.4, 0.5) is 8.78 Å². The maximum absolute atomic E-state index is 13.6. The number of nitriles is 1. The van der Waals surface area contributed by atoms with Crippen LogP contribution >= 0.6 is 0 Å². The standard InChI is InChI=1S/C14H16F2N2O2/c1-14(2)19-8-10(20-14)6-18-7-11-12(15)3-9(5-17)4-13(11)16/h3-4,10,18H,6-8H2,1-2H3. The van der Waals surface area contributed by atoms with Gasteiger partial charge in [-0.25, -0.2) is 8.78 Å².